The lowest BCUT2D eigenvalue weighted by atomic mass is 10.2. The average Bonchev–Trinajstić information content (AvgIpc) is 3.03. The van der Waals surface area contributed by atoms with E-state index in [9.17, 15) is 4.79 Å². The first kappa shape index (κ1) is 15.6. The minimum absolute atomic E-state index is 0.0722. The fraction of sp³-hybridized carbons (Fsp3) is 0.0625. The number of anilines is 1. The Hall–Kier alpha value is -2.25. The quantitative estimate of drug-likeness (QED) is 0.716. The van der Waals surface area contributed by atoms with Crippen molar-refractivity contribution < 1.29 is 9.53 Å². The number of carbonyl (C=O) groups excluding carboxylic acids is 1. The Morgan fingerprint density at radius 3 is 2.61 bits per heavy atom. The molecule has 0 aliphatic heterocycles. The Balaban J connectivity index is 1.58. The van der Waals surface area contributed by atoms with Crippen molar-refractivity contribution >= 4 is 38.5 Å². The topological polar surface area (TPSA) is 64.1 Å². The van der Waals surface area contributed by atoms with Crippen molar-refractivity contribution in [2.75, 3.05) is 11.9 Å². The highest BCUT2D eigenvalue weighted by Gasteiger charge is 2.10. The summed E-state index contributed by atoms with van der Waals surface area (Å²) in [6.45, 7) is -0.0722. The van der Waals surface area contributed by atoms with E-state index in [1.54, 1.807) is 12.1 Å². The van der Waals surface area contributed by atoms with E-state index in [4.69, 9.17) is 4.74 Å². The van der Waals surface area contributed by atoms with Crippen LogP contribution >= 0.6 is 27.5 Å². The van der Waals surface area contributed by atoms with E-state index in [0.717, 1.165) is 21.6 Å². The molecule has 3 rings (SSSR count). The fourth-order valence-corrected chi connectivity index (χ4v) is 2.68. The first-order valence-corrected chi connectivity index (χ1v) is 8.35. The first-order valence-electron chi connectivity index (χ1n) is 6.78. The highest BCUT2D eigenvalue weighted by atomic mass is 79.9. The summed E-state index contributed by atoms with van der Waals surface area (Å²) in [6, 6.07) is 16.8. The van der Waals surface area contributed by atoms with E-state index in [-0.39, 0.29) is 12.5 Å². The molecule has 0 atom stereocenters. The number of rotatable bonds is 5. The Kier molecular flexibility index (Phi) is 4.99. The second kappa shape index (κ2) is 7.34. The van der Waals surface area contributed by atoms with Crippen molar-refractivity contribution in [2.24, 2.45) is 0 Å². The molecule has 116 valence electrons. The largest absolute Gasteiger partial charge is 0.484 e. The van der Waals surface area contributed by atoms with Gasteiger partial charge in [0.25, 0.3) is 5.91 Å². The summed E-state index contributed by atoms with van der Waals surface area (Å²) in [5.41, 5.74) is 0.894. The molecule has 0 spiro atoms. The zero-order valence-electron chi connectivity index (χ0n) is 11.9. The van der Waals surface area contributed by atoms with E-state index in [2.05, 4.69) is 30.6 Å². The van der Waals surface area contributed by atoms with Crippen LogP contribution in [0.5, 0.6) is 5.75 Å². The van der Waals surface area contributed by atoms with E-state index in [1.165, 1.54) is 0 Å². The van der Waals surface area contributed by atoms with Gasteiger partial charge in [-0.1, -0.05) is 46.3 Å². The summed E-state index contributed by atoms with van der Waals surface area (Å²) < 4.78 is 10.6. The molecular weight excluding hydrogens is 378 g/mol. The summed E-state index contributed by atoms with van der Waals surface area (Å²) in [5.74, 6) is 0.963. The second-order valence-corrected chi connectivity index (χ2v) is 6.25. The number of para-hydroxylation sites is 1. The van der Waals surface area contributed by atoms with Crippen LogP contribution in [0.25, 0.3) is 11.4 Å². The molecule has 1 N–H and O–H groups in total. The number of halogens is 1. The van der Waals surface area contributed by atoms with Crippen LogP contribution in [0.15, 0.2) is 59.1 Å². The third kappa shape index (κ3) is 4.37. The van der Waals surface area contributed by atoms with Crippen LogP contribution in [0, 0.1) is 0 Å². The van der Waals surface area contributed by atoms with Crippen molar-refractivity contribution in [2.45, 2.75) is 0 Å². The zero-order valence-corrected chi connectivity index (χ0v) is 14.3. The zero-order chi connectivity index (χ0) is 16.1. The summed E-state index contributed by atoms with van der Waals surface area (Å²) in [6.07, 6.45) is 0. The van der Waals surface area contributed by atoms with Gasteiger partial charge in [0, 0.05) is 21.6 Å². The molecule has 23 heavy (non-hydrogen) atoms. The number of hydrogen-bond acceptors (Lipinski definition) is 5. The average molecular weight is 390 g/mol. The maximum atomic E-state index is 11.9. The molecule has 0 unspecified atom stereocenters. The van der Waals surface area contributed by atoms with Gasteiger partial charge in [-0.15, -0.1) is 0 Å². The van der Waals surface area contributed by atoms with Gasteiger partial charge in [-0.3, -0.25) is 10.1 Å². The van der Waals surface area contributed by atoms with Crippen molar-refractivity contribution in [3.8, 4) is 17.1 Å². The van der Waals surface area contributed by atoms with Gasteiger partial charge in [0.15, 0.2) is 12.4 Å². The summed E-state index contributed by atoms with van der Waals surface area (Å²) >= 11 is 4.52. The molecule has 0 aliphatic carbocycles. The molecule has 3 aromatic rings. The number of hydrogen-bond donors (Lipinski definition) is 1. The molecule has 0 aliphatic rings. The number of ether oxygens (including phenoxy) is 1. The third-order valence-electron chi connectivity index (χ3n) is 2.89. The van der Waals surface area contributed by atoms with Gasteiger partial charge in [0.05, 0.1) is 0 Å². The Labute approximate surface area is 145 Å². The Morgan fingerprint density at radius 1 is 1.13 bits per heavy atom. The molecule has 5 nitrogen and oxygen atoms in total. The van der Waals surface area contributed by atoms with Crippen LogP contribution in [-0.4, -0.2) is 21.9 Å². The molecule has 1 amide bonds. The number of nitrogens with one attached hydrogen (secondary N) is 1. The normalized spacial score (nSPS) is 10.3. The molecule has 0 fully saturated rings. The molecule has 1 aromatic heterocycles. The van der Waals surface area contributed by atoms with Gasteiger partial charge in [0.2, 0.25) is 5.13 Å². The predicted molar refractivity (Wildman–Crippen MR) is 93.6 cm³/mol. The highest BCUT2D eigenvalue weighted by molar-refractivity contribution is 9.10. The standard InChI is InChI=1S/C16H12BrN3O2S/c17-12-8-6-11(7-9-12)15-19-16(23-20-15)18-14(21)10-22-13-4-2-1-3-5-13/h1-9H,10H2,(H,18,19,20,21). The lowest BCUT2D eigenvalue weighted by Gasteiger charge is -2.04. The molecule has 0 saturated carbocycles. The second-order valence-electron chi connectivity index (χ2n) is 4.58. The summed E-state index contributed by atoms with van der Waals surface area (Å²) in [7, 11) is 0. The molecule has 0 radical (unpaired) electrons. The minimum Gasteiger partial charge on any atom is -0.484 e. The van der Waals surface area contributed by atoms with E-state index >= 15 is 0 Å². The lowest BCUT2D eigenvalue weighted by Crippen LogP contribution is -2.19. The molecular formula is C16H12BrN3O2S. The van der Waals surface area contributed by atoms with Crippen molar-refractivity contribution in [3.63, 3.8) is 0 Å². The maximum Gasteiger partial charge on any atom is 0.264 e. The van der Waals surface area contributed by atoms with Crippen molar-refractivity contribution in [3.05, 3.63) is 59.1 Å². The predicted octanol–water partition coefficient (Wildman–Crippen LogP) is 3.99. The van der Waals surface area contributed by atoms with E-state index in [1.807, 2.05) is 42.5 Å². The smallest absolute Gasteiger partial charge is 0.264 e. The van der Waals surface area contributed by atoms with Gasteiger partial charge in [0.1, 0.15) is 5.75 Å². The first-order chi connectivity index (χ1) is 11.2. The van der Waals surface area contributed by atoms with Gasteiger partial charge < -0.3 is 4.74 Å². The third-order valence-corrected chi connectivity index (χ3v) is 4.05. The van der Waals surface area contributed by atoms with Gasteiger partial charge in [-0.2, -0.15) is 9.36 Å². The molecule has 2 aromatic carbocycles. The van der Waals surface area contributed by atoms with Crippen LogP contribution in [0.1, 0.15) is 0 Å². The van der Waals surface area contributed by atoms with Crippen LogP contribution in [0.3, 0.4) is 0 Å². The van der Waals surface area contributed by atoms with Crippen molar-refractivity contribution in [1.82, 2.24) is 9.36 Å². The summed E-state index contributed by atoms with van der Waals surface area (Å²) in [4.78, 5) is 16.2. The Bertz CT molecular complexity index is 791. The number of benzene rings is 2. The fourth-order valence-electron chi connectivity index (χ4n) is 1.81. The van der Waals surface area contributed by atoms with Crippen LogP contribution in [0.2, 0.25) is 0 Å². The number of amides is 1. The molecule has 1 heterocycles. The molecule has 0 bridgehead atoms. The maximum absolute atomic E-state index is 11.9. The van der Waals surface area contributed by atoms with Crippen molar-refractivity contribution in [1.29, 1.82) is 0 Å². The van der Waals surface area contributed by atoms with E-state index < -0.39 is 0 Å². The van der Waals surface area contributed by atoms with Crippen LogP contribution in [-0.2, 0) is 4.79 Å². The molecule has 0 saturated heterocycles. The monoisotopic (exact) mass is 389 g/mol. The highest BCUT2D eigenvalue weighted by Crippen LogP contribution is 2.22. The van der Waals surface area contributed by atoms with Gasteiger partial charge in [-0.25, -0.2) is 0 Å². The van der Waals surface area contributed by atoms with Gasteiger partial charge >= 0.3 is 0 Å². The Morgan fingerprint density at radius 2 is 1.87 bits per heavy atom. The lowest BCUT2D eigenvalue weighted by molar-refractivity contribution is -0.118. The van der Waals surface area contributed by atoms with Crippen LogP contribution < -0.4 is 10.1 Å². The van der Waals surface area contributed by atoms with Gasteiger partial charge in [-0.05, 0) is 24.3 Å². The summed E-state index contributed by atoms with van der Waals surface area (Å²) in [5, 5.41) is 3.13. The van der Waals surface area contributed by atoms with Crippen LogP contribution in [0.4, 0.5) is 5.13 Å². The number of carbonyl (C=O) groups is 1. The SMILES string of the molecule is O=C(COc1ccccc1)Nc1nc(-c2ccc(Br)cc2)ns1. The number of nitrogens with zero attached hydrogens (tertiary/aromatic N) is 2. The minimum atomic E-state index is -0.271. The number of aromatic nitrogens is 2. The van der Waals surface area contributed by atoms with E-state index in [0.29, 0.717) is 16.7 Å². The molecule has 7 heteroatoms.